The summed E-state index contributed by atoms with van der Waals surface area (Å²) in [6, 6.07) is 1.77. The molecule has 0 radical (unpaired) electrons. The van der Waals surface area contributed by atoms with Gasteiger partial charge in [-0.15, -0.1) is 11.3 Å². The molecule has 24 heavy (non-hydrogen) atoms. The van der Waals surface area contributed by atoms with Crippen molar-refractivity contribution in [3.63, 3.8) is 0 Å². The molecular weight excluding hydrogens is 342 g/mol. The predicted octanol–water partition coefficient (Wildman–Crippen LogP) is 3.62. The van der Waals surface area contributed by atoms with Crippen LogP contribution in [0.4, 0.5) is 0 Å². The molecule has 1 aliphatic rings. The van der Waals surface area contributed by atoms with Crippen LogP contribution in [0.1, 0.15) is 49.9 Å². The number of thiophene rings is 1. The SMILES string of the molecule is CCCCn1ccnc1C1CCN(S(=O)(=O)c2cc(C)cs2)CC1. The summed E-state index contributed by atoms with van der Waals surface area (Å²) in [4.78, 5) is 4.54. The maximum Gasteiger partial charge on any atom is 0.252 e. The fourth-order valence-electron chi connectivity index (χ4n) is 3.22. The summed E-state index contributed by atoms with van der Waals surface area (Å²) in [6.07, 6.45) is 7.90. The Morgan fingerprint density at radius 1 is 1.33 bits per heavy atom. The van der Waals surface area contributed by atoms with Gasteiger partial charge >= 0.3 is 0 Å². The van der Waals surface area contributed by atoms with Crippen molar-refractivity contribution in [2.75, 3.05) is 13.1 Å². The monoisotopic (exact) mass is 367 g/mol. The van der Waals surface area contributed by atoms with E-state index in [-0.39, 0.29) is 0 Å². The Balaban J connectivity index is 1.67. The van der Waals surface area contributed by atoms with E-state index in [4.69, 9.17) is 0 Å². The molecule has 0 bridgehead atoms. The average molecular weight is 368 g/mol. The van der Waals surface area contributed by atoms with Gasteiger partial charge in [0.2, 0.25) is 0 Å². The van der Waals surface area contributed by atoms with Crippen LogP contribution >= 0.6 is 11.3 Å². The van der Waals surface area contributed by atoms with E-state index in [0.717, 1.165) is 43.6 Å². The fourth-order valence-corrected chi connectivity index (χ4v) is 6.07. The molecule has 2 aromatic rings. The minimum atomic E-state index is -3.33. The molecule has 0 aliphatic carbocycles. The van der Waals surface area contributed by atoms with Gasteiger partial charge in [-0.2, -0.15) is 4.31 Å². The van der Waals surface area contributed by atoms with E-state index < -0.39 is 10.0 Å². The van der Waals surface area contributed by atoms with Gasteiger partial charge in [-0.05, 0) is 43.2 Å². The van der Waals surface area contributed by atoms with E-state index >= 15 is 0 Å². The average Bonchev–Trinajstić information content (AvgIpc) is 3.22. The Bertz CT molecular complexity index is 771. The number of piperidine rings is 1. The third-order valence-electron chi connectivity index (χ3n) is 4.62. The quantitative estimate of drug-likeness (QED) is 0.783. The largest absolute Gasteiger partial charge is 0.335 e. The maximum atomic E-state index is 12.7. The number of aryl methyl sites for hydroxylation is 2. The topological polar surface area (TPSA) is 55.2 Å². The highest BCUT2D eigenvalue weighted by atomic mass is 32.2. The van der Waals surface area contributed by atoms with E-state index in [1.54, 1.807) is 10.4 Å². The number of aromatic nitrogens is 2. The standard InChI is InChI=1S/C17H25N3O2S2/c1-3-4-8-19-11-7-18-17(19)15-5-9-20(10-6-15)24(21,22)16-12-14(2)13-23-16/h7,11-13,15H,3-6,8-10H2,1-2H3. The van der Waals surface area contributed by atoms with Crippen LogP contribution in [0.15, 0.2) is 28.0 Å². The number of sulfonamides is 1. The van der Waals surface area contributed by atoms with Crippen LogP contribution in [0.3, 0.4) is 0 Å². The van der Waals surface area contributed by atoms with Gasteiger partial charge in [0, 0.05) is 37.9 Å². The van der Waals surface area contributed by atoms with Crippen molar-refractivity contribution in [2.45, 2.75) is 56.2 Å². The highest BCUT2D eigenvalue weighted by Gasteiger charge is 2.32. The Labute approximate surface area is 148 Å². The molecule has 0 saturated carbocycles. The Morgan fingerprint density at radius 3 is 2.71 bits per heavy atom. The lowest BCUT2D eigenvalue weighted by atomic mass is 9.97. The van der Waals surface area contributed by atoms with Crippen LogP contribution in [0.5, 0.6) is 0 Å². The van der Waals surface area contributed by atoms with E-state index in [1.165, 1.54) is 11.3 Å². The van der Waals surface area contributed by atoms with Crippen molar-refractivity contribution in [3.05, 3.63) is 35.2 Å². The first-order valence-corrected chi connectivity index (χ1v) is 10.9. The minimum Gasteiger partial charge on any atom is -0.335 e. The summed E-state index contributed by atoms with van der Waals surface area (Å²) < 4.78 is 29.8. The van der Waals surface area contributed by atoms with Crippen LogP contribution in [0, 0.1) is 6.92 Å². The highest BCUT2D eigenvalue weighted by molar-refractivity contribution is 7.91. The molecule has 0 spiro atoms. The first kappa shape index (κ1) is 17.6. The molecule has 0 amide bonds. The van der Waals surface area contributed by atoms with E-state index in [1.807, 2.05) is 24.7 Å². The smallest absolute Gasteiger partial charge is 0.252 e. The van der Waals surface area contributed by atoms with Gasteiger partial charge < -0.3 is 4.57 Å². The van der Waals surface area contributed by atoms with E-state index in [0.29, 0.717) is 23.2 Å². The van der Waals surface area contributed by atoms with Gasteiger partial charge in [-0.1, -0.05) is 13.3 Å². The lowest BCUT2D eigenvalue weighted by Gasteiger charge is -2.30. The predicted molar refractivity (Wildman–Crippen MR) is 96.9 cm³/mol. The number of hydrogen-bond acceptors (Lipinski definition) is 4. The number of imidazole rings is 1. The molecule has 7 heteroatoms. The van der Waals surface area contributed by atoms with Crippen LogP contribution < -0.4 is 0 Å². The second-order valence-electron chi connectivity index (χ2n) is 6.45. The summed E-state index contributed by atoms with van der Waals surface area (Å²) in [6.45, 7) is 6.26. The van der Waals surface area contributed by atoms with Gasteiger partial charge in [-0.25, -0.2) is 13.4 Å². The van der Waals surface area contributed by atoms with Gasteiger partial charge in [0.1, 0.15) is 10.0 Å². The Hall–Kier alpha value is -1.18. The summed E-state index contributed by atoms with van der Waals surface area (Å²) in [5, 5.41) is 1.89. The zero-order chi connectivity index (χ0) is 17.2. The summed E-state index contributed by atoms with van der Waals surface area (Å²) in [5.74, 6) is 1.47. The van der Waals surface area contributed by atoms with Crippen molar-refractivity contribution in [1.29, 1.82) is 0 Å². The molecule has 0 atom stereocenters. The van der Waals surface area contributed by atoms with Gasteiger partial charge in [0.25, 0.3) is 10.0 Å². The number of hydrogen-bond donors (Lipinski definition) is 0. The number of unbranched alkanes of at least 4 members (excludes halogenated alkanes) is 1. The summed E-state index contributed by atoms with van der Waals surface area (Å²) >= 11 is 1.31. The molecule has 0 aromatic carbocycles. The Morgan fingerprint density at radius 2 is 2.08 bits per heavy atom. The van der Waals surface area contributed by atoms with Crippen LogP contribution in [-0.2, 0) is 16.6 Å². The van der Waals surface area contributed by atoms with Crippen LogP contribution in [-0.4, -0.2) is 35.4 Å². The van der Waals surface area contributed by atoms with Gasteiger partial charge in [-0.3, -0.25) is 0 Å². The van der Waals surface area contributed by atoms with E-state index in [2.05, 4.69) is 16.5 Å². The third kappa shape index (κ3) is 3.58. The normalized spacial score (nSPS) is 17.4. The molecule has 2 aromatic heterocycles. The lowest BCUT2D eigenvalue weighted by Crippen LogP contribution is -2.38. The number of nitrogens with zero attached hydrogens (tertiary/aromatic N) is 3. The maximum absolute atomic E-state index is 12.7. The lowest BCUT2D eigenvalue weighted by molar-refractivity contribution is 0.309. The van der Waals surface area contributed by atoms with Crippen LogP contribution in [0.2, 0.25) is 0 Å². The van der Waals surface area contributed by atoms with Crippen molar-refractivity contribution in [3.8, 4) is 0 Å². The van der Waals surface area contributed by atoms with Crippen molar-refractivity contribution in [1.82, 2.24) is 13.9 Å². The minimum absolute atomic E-state index is 0.355. The molecule has 1 aliphatic heterocycles. The first-order chi connectivity index (χ1) is 11.5. The molecule has 0 unspecified atom stereocenters. The summed E-state index contributed by atoms with van der Waals surface area (Å²) in [7, 11) is -3.33. The molecule has 3 rings (SSSR count). The molecule has 132 valence electrons. The zero-order valence-corrected chi connectivity index (χ0v) is 15.9. The Kier molecular flexibility index (Phi) is 5.42. The molecule has 1 fully saturated rings. The second-order valence-corrected chi connectivity index (χ2v) is 9.53. The molecule has 5 nitrogen and oxygen atoms in total. The summed E-state index contributed by atoms with van der Waals surface area (Å²) in [5.41, 5.74) is 1.01. The molecular formula is C17H25N3O2S2. The van der Waals surface area contributed by atoms with Crippen LogP contribution in [0.25, 0.3) is 0 Å². The van der Waals surface area contributed by atoms with Gasteiger partial charge in [0.05, 0.1) is 0 Å². The third-order valence-corrected chi connectivity index (χ3v) is 8.05. The molecule has 1 saturated heterocycles. The first-order valence-electron chi connectivity index (χ1n) is 8.58. The molecule has 0 N–H and O–H groups in total. The van der Waals surface area contributed by atoms with E-state index in [9.17, 15) is 8.42 Å². The highest BCUT2D eigenvalue weighted by Crippen LogP contribution is 2.31. The van der Waals surface area contributed by atoms with Gasteiger partial charge in [0.15, 0.2) is 0 Å². The number of rotatable bonds is 6. The van der Waals surface area contributed by atoms with Crippen molar-refractivity contribution < 1.29 is 8.42 Å². The van der Waals surface area contributed by atoms with Crippen molar-refractivity contribution in [2.24, 2.45) is 0 Å². The zero-order valence-electron chi connectivity index (χ0n) is 14.3. The fraction of sp³-hybridized carbons (Fsp3) is 0.588. The second kappa shape index (κ2) is 7.37. The molecule has 3 heterocycles. The van der Waals surface area contributed by atoms with Crippen molar-refractivity contribution >= 4 is 21.4 Å².